The van der Waals surface area contributed by atoms with Crippen LogP contribution in [0.25, 0.3) is 5.69 Å². The van der Waals surface area contributed by atoms with Crippen molar-refractivity contribution < 1.29 is 9.53 Å². The van der Waals surface area contributed by atoms with Crippen molar-refractivity contribution in [1.29, 1.82) is 0 Å². The van der Waals surface area contributed by atoms with Crippen molar-refractivity contribution in [3.05, 3.63) is 59.6 Å². The van der Waals surface area contributed by atoms with Crippen LogP contribution < -0.4 is 15.0 Å². The number of amides is 2. The number of piperazine rings is 1. The molecule has 0 bridgehead atoms. The summed E-state index contributed by atoms with van der Waals surface area (Å²) in [6, 6.07) is 13.1. The molecular weight excluding hydrogens is 416 g/mol. The van der Waals surface area contributed by atoms with Crippen LogP contribution >= 0.6 is 11.6 Å². The Hall–Kier alpha value is -3.26. The van der Waals surface area contributed by atoms with E-state index in [1.807, 2.05) is 43.0 Å². The molecule has 3 aromatic rings. The van der Waals surface area contributed by atoms with Gasteiger partial charge in [-0.05, 0) is 44.2 Å². The number of carbonyl (C=O) groups excluding carboxylic acids is 1. The van der Waals surface area contributed by atoms with Gasteiger partial charge in [-0.3, -0.25) is 0 Å². The summed E-state index contributed by atoms with van der Waals surface area (Å²) in [5.74, 6) is 1.46. The van der Waals surface area contributed by atoms with Gasteiger partial charge in [-0.25, -0.2) is 14.5 Å². The maximum Gasteiger partial charge on any atom is 0.321 e. The van der Waals surface area contributed by atoms with Crippen LogP contribution in [0.3, 0.4) is 0 Å². The average Bonchev–Trinajstić information content (AvgIpc) is 3.20. The van der Waals surface area contributed by atoms with Gasteiger partial charge in [0, 0.05) is 48.6 Å². The van der Waals surface area contributed by atoms with Crippen LogP contribution in [0, 0.1) is 6.92 Å². The summed E-state index contributed by atoms with van der Waals surface area (Å²) in [4.78, 5) is 20.8. The Morgan fingerprint density at radius 2 is 1.97 bits per heavy atom. The molecule has 0 atom stereocenters. The maximum atomic E-state index is 12.6. The van der Waals surface area contributed by atoms with Crippen molar-refractivity contribution in [1.82, 2.24) is 19.7 Å². The van der Waals surface area contributed by atoms with Crippen LogP contribution in [0.5, 0.6) is 5.75 Å². The van der Waals surface area contributed by atoms with E-state index < -0.39 is 0 Å². The lowest BCUT2D eigenvalue weighted by Gasteiger charge is -2.36. The number of nitrogens with zero attached hydrogens (tertiary/aromatic N) is 5. The molecule has 162 valence electrons. The van der Waals surface area contributed by atoms with Crippen LogP contribution in [0.2, 0.25) is 5.02 Å². The number of nitrogens with one attached hydrogen (secondary N) is 1. The normalized spacial score (nSPS) is 13.9. The lowest BCUT2D eigenvalue weighted by atomic mass is 10.2. The van der Waals surface area contributed by atoms with Gasteiger partial charge in [-0.1, -0.05) is 17.7 Å². The Morgan fingerprint density at radius 3 is 2.65 bits per heavy atom. The first-order chi connectivity index (χ1) is 15.0. The van der Waals surface area contributed by atoms with Crippen LogP contribution in [0.4, 0.5) is 16.2 Å². The van der Waals surface area contributed by atoms with E-state index in [1.54, 1.807) is 23.1 Å². The second-order valence-electron chi connectivity index (χ2n) is 7.24. The van der Waals surface area contributed by atoms with E-state index in [1.165, 1.54) is 0 Å². The topological polar surface area (TPSA) is 75.5 Å². The highest BCUT2D eigenvalue weighted by Gasteiger charge is 2.22. The Kier molecular flexibility index (Phi) is 6.27. The van der Waals surface area contributed by atoms with E-state index in [9.17, 15) is 4.79 Å². The molecule has 0 spiro atoms. The maximum absolute atomic E-state index is 12.6. The molecule has 2 aromatic carbocycles. The minimum absolute atomic E-state index is 0.117. The predicted octanol–water partition coefficient (Wildman–Crippen LogP) is 3.98. The molecule has 2 amide bonds. The minimum atomic E-state index is -0.117. The average molecular weight is 441 g/mol. The third-order valence-corrected chi connectivity index (χ3v) is 5.34. The fourth-order valence-electron chi connectivity index (χ4n) is 3.56. The lowest BCUT2D eigenvalue weighted by molar-refractivity contribution is 0.208. The first-order valence-corrected chi connectivity index (χ1v) is 10.6. The van der Waals surface area contributed by atoms with Crippen LogP contribution in [-0.4, -0.2) is 58.5 Å². The number of aryl methyl sites for hydroxylation is 1. The lowest BCUT2D eigenvalue weighted by Crippen LogP contribution is -2.50. The van der Waals surface area contributed by atoms with Crippen molar-refractivity contribution in [2.75, 3.05) is 43.0 Å². The number of hydrogen-bond donors (Lipinski definition) is 1. The SMILES string of the molecule is CCOc1cc(N2CCN(C(=O)Nc3cccc(Cl)c3)CC2)ccc1-n1cnc(C)n1. The number of rotatable bonds is 5. The fourth-order valence-corrected chi connectivity index (χ4v) is 3.75. The number of hydrogen-bond acceptors (Lipinski definition) is 5. The smallest absolute Gasteiger partial charge is 0.321 e. The van der Waals surface area contributed by atoms with Crippen molar-refractivity contribution in [3.8, 4) is 11.4 Å². The molecule has 1 fully saturated rings. The minimum Gasteiger partial charge on any atom is -0.492 e. The van der Waals surface area contributed by atoms with Gasteiger partial charge in [0.25, 0.3) is 0 Å². The number of urea groups is 1. The first-order valence-electron chi connectivity index (χ1n) is 10.3. The molecule has 8 nitrogen and oxygen atoms in total. The molecular formula is C22H25ClN6O2. The number of carbonyl (C=O) groups is 1. The molecule has 0 saturated carbocycles. The van der Waals surface area contributed by atoms with Gasteiger partial charge in [0.15, 0.2) is 0 Å². The van der Waals surface area contributed by atoms with Crippen molar-refractivity contribution >= 4 is 29.0 Å². The van der Waals surface area contributed by atoms with E-state index in [2.05, 4.69) is 26.4 Å². The standard InChI is InChI=1S/C22H25ClN6O2/c1-3-31-21-14-19(7-8-20(21)29-15-24-16(2)26-29)27-9-11-28(12-10-27)22(30)25-18-6-4-5-17(23)13-18/h4-8,13-15H,3,9-12H2,1-2H3,(H,25,30). The molecule has 0 aliphatic carbocycles. The number of ether oxygens (including phenoxy) is 1. The molecule has 0 unspecified atom stereocenters. The summed E-state index contributed by atoms with van der Waals surface area (Å²) in [5, 5.41) is 7.89. The Labute approximate surface area is 186 Å². The van der Waals surface area contributed by atoms with Gasteiger partial charge in [0.05, 0.1) is 6.61 Å². The van der Waals surface area contributed by atoms with Crippen LogP contribution in [0.15, 0.2) is 48.8 Å². The third kappa shape index (κ3) is 4.91. The summed E-state index contributed by atoms with van der Waals surface area (Å²) < 4.78 is 7.59. The van der Waals surface area contributed by atoms with Crippen LogP contribution in [0.1, 0.15) is 12.7 Å². The zero-order chi connectivity index (χ0) is 21.8. The monoisotopic (exact) mass is 440 g/mol. The van der Waals surface area contributed by atoms with E-state index in [-0.39, 0.29) is 6.03 Å². The Balaban J connectivity index is 1.42. The largest absolute Gasteiger partial charge is 0.492 e. The molecule has 9 heteroatoms. The van der Waals surface area contributed by atoms with Crippen molar-refractivity contribution in [2.24, 2.45) is 0 Å². The summed E-state index contributed by atoms with van der Waals surface area (Å²) in [7, 11) is 0. The molecule has 2 heterocycles. The number of halogens is 1. The fraction of sp³-hybridized carbons (Fsp3) is 0.318. The first kappa shape index (κ1) is 21.0. The summed E-state index contributed by atoms with van der Waals surface area (Å²) >= 11 is 6.00. The van der Waals surface area contributed by atoms with E-state index in [0.29, 0.717) is 36.2 Å². The van der Waals surface area contributed by atoms with Gasteiger partial charge in [0.2, 0.25) is 0 Å². The highest BCUT2D eigenvalue weighted by molar-refractivity contribution is 6.30. The van der Waals surface area contributed by atoms with Gasteiger partial charge in [-0.2, -0.15) is 5.10 Å². The molecule has 1 aliphatic rings. The Morgan fingerprint density at radius 1 is 1.16 bits per heavy atom. The van der Waals surface area contributed by atoms with Gasteiger partial charge in [-0.15, -0.1) is 0 Å². The highest BCUT2D eigenvalue weighted by atomic mass is 35.5. The zero-order valence-electron chi connectivity index (χ0n) is 17.6. The quantitative estimate of drug-likeness (QED) is 0.649. The van der Waals surface area contributed by atoms with Gasteiger partial charge in [0.1, 0.15) is 23.6 Å². The second-order valence-corrected chi connectivity index (χ2v) is 7.67. The third-order valence-electron chi connectivity index (χ3n) is 5.10. The summed E-state index contributed by atoms with van der Waals surface area (Å²) in [5.41, 5.74) is 2.60. The highest BCUT2D eigenvalue weighted by Crippen LogP contribution is 2.29. The molecule has 1 N–H and O–H groups in total. The predicted molar refractivity (Wildman–Crippen MR) is 122 cm³/mol. The van der Waals surface area contributed by atoms with Crippen molar-refractivity contribution in [3.63, 3.8) is 0 Å². The number of benzene rings is 2. The molecule has 1 aliphatic heterocycles. The number of aromatic nitrogens is 3. The van der Waals surface area contributed by atoms with E-state index >= 15 is 0 Å². The number of anilines is 2. The van der Waals surface area contributed by atoms with Gasteiger partial charge < -0.3 is 19.9 Å². The van der Waals surface area contributed by atoms with E-state index in [4.69, 9.17) is 16.3 Å². The summed E-state index contributed by atoms with van der Waals surface area (Å²) in [6.45, 7) is 7.09. The van der Waals surface area contributed by atoms with E-state index in [0.717, 1.165) is 30.2 Å². The molecule has 1 saturated heterocycles. The molecule has 0 radical (unpaired) electrons. The van der Waals surface area contributed by atoms with Gasteiger partial charge >= 0.3 is 6.03 Å². The molecule has 1 aromatic heterocycles. The zero-order valence-corrected chi connectivity index (χ0v) is 18.3. The molecule has 31 heavy (non-hydrogen) atoms. The molecule has 4 rings (SSSR count). The Bertz CT molecular complexity index is 1060. The van der Waals surface area contributed by atoms with Crippen molar-refractivity contribution in [2.45, 2.75) is 13.8 Å². The second kappa shape index (κ2) is 9.26. The summed E-state index contributed by atoms with van der Waals surface area (Å²) in [6.07, 6.45) is 1.68. The van der Waals surface area contributed by atoms with Crippen LogP contribution in [-0.2, 0) is 0 Å².